The van der Waals surface area contributed by atoms with Crippen LogP contribution in [-0.4, -0.2) is 28.9 Å². The van der Waals surface area contributed by atoms with Gasteiger partial charge in [-0.1, -0.05) is 6.92 Å². The second-order valence-corrected chi connectivity index (χ2v) is 5.78. The van der Waals surface area contributed by atoms with E-state index in [4.69, 9.17) is 9.84 Å². The SMILES string of the molecule is Cc1cn(CC2(C)COC2)c2ccc(C(=O)O)cc12. The quantitative estimate of drug-likeness (QED) is 0.922. The fourth-order valence-corrected chi connectivity index (χ4v) is 2.69. The lowest BCUT2D eigenvalue weighted by Crippen LogP contribution is -2.42. The van der Waals surface area contributed by atoms with Gasteiger partial charge in [0.2, 0.25) is 0 Å². The third kappa shape index (κ3) is 2.02. The summed E-state index contributed by atoms with van der Waals surface area (Å²) in [6.45, 7) is 6.72. The maximum atomic E-state index is 11.0. The van der Waals surface area contributed by atoms with Gasteiger partial charge in [0.25, 0.3) is 0 Å². The topological polar surface area (TPSA) is 51.5 Å². The number of fused-ring (bicyclic) bond motifs is 1. The Bertz CT molecular complexity index is 653. The van der Waals surface area contributed by atoms with E-state index in [0.29, 0.717) is 5.56 Å². The van der Waals surface area contributed by atoms with Crippen LogP contribution < -0.4 is 0 Å². The monoisotopic (exact) mass is 259 g/mol. The predicted octanol–water partition coefficient (Wildman–Crippen LogP) is 2.68. The smallest absolute Gasteiger partial charge is 0.335 e. The van der Waals surface area contributed by atoms with Gasteiger partial charge in [-0.25, -0.2) is 4.79 Å². The molecule has 1 saturated heterocycles. The summed E-state index contributed by atoms with van der Waals surface area (Å²) in [7, 11) is 0. The minimum Gasteiger partial charge on any atom is -0.478 e. The molecule has 1 aliphatic rings. The van der Waals surface area contributed by atoms with Crippen molar-refractivity contribution in [1.82, 2.24) is 4.57 Å². The summed E-state index contributed by atoms with van der Waals surface area (Å²) < 4.78 is 7.50. The van der Waals surface area contributed by atoms with E-state index in [1.807, 2.05) is 13.0 Å². The first-order valence-electron chi connectivity index (χ1n) is 6.39. The Morgan fingerprint density at radius 3 is 2.79 bits per heavy atom. The molecule has 0 unspecified atom stereocenters. The Labute approximate surface area is 111 Å². The molecule has 2 aromatic rings. The highest BCUT2D eigenvalue weighted by Crippen LogP contribution is 2.31. The van der Waals surface area contributed by atoms with Gasteiger partial charge in [0.1, 0.15) is 0 Å². The molecule has 100 valence electrons. The number of hydrogen-bond donors (Lipinski definition) is 1. The Morgan fingerprint density at radius 2 is 2.21 bits per heavy atom. The van der Waals surface area contributed by atoms with Crippen LogP contribution in [0.25, 0.3) is 10.9 Å². The molecule has 4 nitrogen and oxygen atoms in total. The zero-order valence-electron chi connectivity index (χ0n) is 11.1. The van der Waals surface area contributed by atoms with E-state index >= 15 is 0 Å². The lowest BCUT2D eigenvalue weighted by molar-refractivity contribution is -0.109. The number of aromatic carboxylic acids is 1. The Morgan fingerprint density at radius 1 is 1.47 bits per heavy atom. The van der Waals surface area contributed by atoms with Crippen molar-refractivity contribution in [2.75, 3.05) is 13.2 Å². The molecule has 19 heavy (non-hydrogen) atoms. The number of aromatic nitrogens is 1. The molecule has 0 radical (unpaired) electrons. The molecule has 1 aromatic carbocycles. The molecule has 3 rings (SSSR count). The average molecular weight is 259 g/mol. The largest absolute Gasteiger partial charge is 0.478 e. The molecule has 2 heterocycles. The van der Waals surface area contributed by atoms with Crippen molar-refractivity contribution in [3.05, 3.63) is 35.5 Å². The van der Waals surface area contributed by atoms with Crippen molar-refractivity contribution < 1.29 is 14.6 Å². The minimum atomic E-state index is -0.881. The highest BCUT2D eigenvalue weighted by atomic mass is 16.5. The average Bonchev–Trinajstić information content (AvgIpc) is 2.64. The number of carboxylic acids is 1. The van der Waals surface area contributed by atoms with Gasteiger partial charge in [-0.2, -0.15) is 0 Å². The van der Waals surface area contributed by atoms with Gasteiger partial charge in [-0.05, 0) is 30.7 Å². The minimum absolute atomic E-state index is 0.198. The van der Waals surface area contributed by atoms with Crippen molar-refractivity contribution in [3.8, 4) is 0 Å². The van der Waals surface area contributed by atoms with Crippen LogP contribution in [0.4, 0.5) is 0 Å². The van der Waals surface area contributed by atoms with Crippen LogP contribution in [0.5, 0.6) is 0 Å². The lowest BCUT2D eigenvalue weighted by atomic mass is 9.88. The molecule has 0 amide bonds. The molecule has 1 aliphatic heterocycles. The highest BCUT2D eigenvalue weighted by molar-refractivity contribution is 5.94. The van der Waals surface area contributed by atoms with Crippen molar-refractivity contribution in [2.45, 2.75) is 20.4 Å². The van der Waals surface area contributed by atoms with Crippen molar-refractivity contribution in [3.63, 3.8) is 0 Å². The number of rotatable bonds is 3. The predicted molar refractivity (Wildman–Crippen MR) is 72.6 cm³/mol. The van der Waals surface area contributed by atoms with Crippen LogP contribution in [0.15, 0.2) is 24.4 Å². The number of carbonyl (C=O) groups is 1. The van der Waals surface area contributed by atoms with Crippen LogP contribution in [-0.2, 0) is 11.3 Å². The van der Waals surface area contributed by atoms with Gasteiger partial charge < -0.3 is 14.4 Å². The number of nitrogens with zero attached hydrogens (tertiary/aromatic N) is 1. The van der Waals surface area contributed by atoms with Gasteiger partial charge in [0.15, 0.2) is 0 Å². The van der Waals surface area contributed by atoms with E-state index in [2.05, 4.69) is 17.7 Å². The fourth-order valence-electron chi connectivity index (χ4n) is 2.69. The number of carboxylic acid groups (broad SMARTS) is 1. The summed E-state index contributed by atoms with van der Waals surface area (Å²) in [5.41, 5.74) is 2.74. The molecule has 0 saturated carbocycles. The molecule has 0 spiro atoms. The van der Waals surface area contributed by atoms with E-state index < -0.39 is 5.97 Å². The van der Waals surface area contributed by atoms with Crippen LogP contribution in [0.2, 0.25) is 0 Å². The zero-order valence-corrected chi connectivity index (χ0v) is 11.1. The molecule has 0 atom stereocenters. The molecule has 0 bridgehead atoms. The summed E-state index contributed by atoms with van der Waals surface area (Å²) >= 11 is 0. The highest BCUT2D eigenvalue weighted by Gasteiger charge is 2.34. The van der Waals surface area contributed by atoms with E-state index in [-0.39, 0.29) is 5.41 Å². The summed E-state index contributed by atoms with van der Waals surface area (Å²) in [5, 5.41) is 10.1. The molecular formula is C15H17NO3. The van der Waals surface area contributed by atoms with Gasteiger partial charge in [-0.3, -0.25) is 0 Å². The number of benzene rings is 1. The van der Waals surface area contributed by atoms with Crippen LogP contribution in [0, 0.1) is 12.3 Å². The Hall–Kier alpha value is -1.81. The fraction of sp³-hybridized carbons (Fsp3) is 0.400. The maximum Gasteiger partial charge on any atom is 0.335 e. The van der Waals surface area contributed by atoms with Gasteiger partial charge >= 0.3 is 5.97 Å². The number of ether oxygens (including phenoxy) is 1. The standard InChI is InChI=1S/C15H17NO3/c1-10-6-16(7-15(2)8-19-9-15)13-4-3-11(14(17)18)5-12(10)13/h3-6H,7-9H2,1-2H3,(H,17,18). The third-order valence-electron chi connectivity index (χ3n) is 3.78. The van der Waals surface area contributed by atoms with Crippen LogP contribution in [0.1, 0.15) is 22.8 Å². The molecular weight excluding hydrogens is 242 g/mol. The lowest BCUT2D eigenvalue weighted by Gasteiger charge is -2.38. The Balaban J connectivity index is 2.04. The first-order valence-corrected chi connectivity index (χ1v) is 6.39. The molecule has 4 heteroatoms. The molecule has 0 aliphatic carbocycles. The summed E-state index contributed by atoms with van der Waals surface area (Å²) in [4.78, 5) is 11.0. The van der Waals surface area contributed by atoms with Gasteiger partial charge in [0.05, 0.1) is 18.8 Å². The van der Waals surface area contributed by atoms with E-state index in [0.717, 1.165) is 36.2 Å². The normalized spacial score (nSPS) is 17.4. The number of hydrogen-bond acceptors (Lipinski definition) is 2. The summed E-state index contributed by atoms with van der Waals surface area (Å²) in [6, 6.07) is 5.32. The van der Waals surface area contributed by atoms with E-state index in [9.17, 15) is 4.79 Å². The zero-order chi connectivity index (χ0) is 13.6. The van der Waals surface area contributed by atoms with Gasteiger partial charge in [0, 0.05) is 29.1 Å². The molecule has 1 aromatic heterocycles. The van der Waals surface area contributed by atoms with E-state index in [1.165, 1.54) is 0 Å². The van der Waals surface area contributed by atoms with Crippen molar-refractivity contribution in [1.29, 1.82) is 0 Å². The van der Waals surface area contributed by atoms with E-state index in [1.54, 1.807) is 12.1 Å². The maximum absolute atomic E-state index is 11.0. The first-order chi connectivity index (χ1) is 8.98. The summed E-state index contributed by atoms with van der Waals surface area (Å²) in [5.74, 6) is -0.881. The Kier molecular flexibility index (Phi) is 2.64. The van der Waals surface area contributed by atoms with Gasteiger partial charge in [-0.15, -0.1) is 0 Å². The van der Waals surface area contributed by atoms with Crippen molar-refractivity contribution >= 4 is 16.9 Å². The van der Waals surface area contributed by atoms with Crippen LogP contribution in [0.3, 0.4) is 0 Å². The first kappa shape index (κ1) is 12.2. The van der Waals surface area contributed by atoms with Crippen LogP contribution >= 0.6 is 0 Å². The molecule has 1 N–H and O–H groups in total. The second-order valence-electron chi connectivity index (χ2n) is 5.78. The number of aryl methyl sites for hydroxylation is 1. The summed E-state index contributed by atoms with van der Waals surface area (Å²) in [6.07, 6.45) is 2.10. The third-order valence-corrected chi connectivity index (χ3v) is 3.78. The molecule has 1 fully saturated rings. The second kappa shape index (κ2) is 4.10. The van der Waals surface area contributed by atoms with Crippen molar-refractivity contribution in [2.24, 2.45) is 5.41 Å².